The van der Waals surface area contributed by atoms with Gasteiger partial charge in [0.05, 0.1) is 10.5 Å². The Kier molecular flexibility index (Phi) is 4.44. The molecule has 1 aliphatic heterocycles. The maximum absolute atomic E-state index is 12.9. The Balaban J connectivity index is 1.73. The van der Waals surface area contributed by atoms with Crippen molar-refractivity contribution in [2.75, 3.05) is 16.7 Å². The molecule has 1 aliphatic rings. The summed E-state index contributed by atoms with van der Waals surface area (Å²) in [5.74, 6) is 0.601. The summed E-state index contributed by atoms with van der Waals surface area (Å²) in [6.45, 7) is 0. The van der Waals surface area contributed by atoms with E-state index in [-0.39, 0.29) is 16.2 Å². The maximum Gasteiger partial charge on any atom is 0.263 e. The van der Waals surface area contributed by atoms with Gasteiger partial charge in [-0.1, -0.05) is 11.6 Å². The van der Waals surface area contributed by atoms with Gasteiger partial charge in [0, 0.05) is 24.0 Å². The summed E-state index contributed by atoms with van der Waals surface area (Å²) < 4.78 is 33.7. The second kappa shape index (κ2) is 6.81. The van der Waals surface area contributed by atoms with Crippen molar-refractivity contribution in [1.82, 2.24) is 4.98 Å². The van der Waals surface area contributed by atoms with Crippen molar-refractivity contribution in [3.8, 4) is 11.5 Å². The Morgan fingerprint density at radius 2 is 1.82 bits per heavy atom. The van der Waals surface area contributed by atoms with Crippen LogP contribution in [0.2, 0.25) is 5.02 Å². The van der Waals surface area contributed by atoms with Crippen LogP contribution in [0.25, 0.3) is 0 Å². The molecule has 0 fully saturated rings. The molecule has 2 heterocycles. The van der Waals surface area contributed by atoms with E-state index < -0.39 is 15.9 Å². The van der Waals surface area contributed by atoms with Gasteiger partial charge in [-0.3, -0.25) is 14.4 Å². The zero-order chi connectivity index (χ0) is 19.9. The van der Waals surface area contributed by atoms with Gasteiger partial charge < -0.3 is 4.74 Å². The number of nitrogens with zero attached hydrogens (tertiary/aromatic N) is 2. The number of carbonyl (C=O) groups excluding carboxylic acids is 1. The van der Waals surface area contributed by atoms with E-state index in [9.17, 15) is 13.2 Å². The van der Waals surface area contributed by atoms with Crippen molar-refractivity contribution in [3.63, 3.8) is 0 Å². The van der Waals surface area contributed by atoms with Crippen LogP contribution in [0.4, 0.5) is 11.5 Å². The highest BCUT2D eigenvalue weighted by molar-refractivity contribution is 7.92. The van der Waals surface area contributed by atoms with Crippen molar-refractivity contribution in [3.05, 3.63) is 71.4 Å². The highest BCUT2D eigenvalue weighted by Crippen LogP contribution is 2.37. The van der Waals surface area contributed by atoms with E-state index in [1.54, 1.807) is 49.6 Å². The van der Waals surface area contributed by atoms with Gasteiger partial charge in [-0.05, 0) is 54.6 Å². The van der Waals surface area contributed by atoms with Gasteiger partial charge in [0.25, 0.3) is 15.9 Å². The number of sulfonamides is 1. The van der Waals surface area contributed by atoms with Gasteiger partial charge in [-0.15, -0.1) is 0 Å². The number of hydrogen-bond donors (Lipinski definition) is 1. The van der Waals surface area contributed by atoms with Gasteiger partial charge >= 0.3 is 0 Å². The summed E-state index contributed by atoms with van der Waals surface area (Å²) in [7, 11) is -2.36. The molecule has 0 radical (unpaired) electrons. The summed E-state index contributed by atoms with van der Waals surface area (Å²) >= 11 is 5.82. The standard InChI is InChI=1S/C19H14ClN3O4S/c1-23-18-17(3-2-10-21-18)27-16-9-8-14(11-15(16)19(23)24)28(25,26)22-13-6-4-12(20)5-7-13/h2-11,22H,1H3. The number of ether oxygens (including phenoxy) is 1. The molecule has 0 saturated carbocycles. The Bertz CT molecular complexity index is 1180. The van der Waals surface area contributed by atoms with Crippen molar-refractivity contribution < 1.29 is 17.9 Å². The zero-order valence-electron chi connectivity index (χ0n) is 14.6. The molecule has 0 bridgehead atoms. The van der Waals surface area contributed by atoms with Crippen molar-refractivity contribution in [2.24, 2.45) is 0 Å². The average molecular weight is 416 g/mol. The third kappa shape index (κ3) is 3.28. The number of halogens is 1. The van der Waals surface area contributed by atoms with Crippen molar-refractivity contribution in [2.45, 2.75) is 4.90 Å². The fourth-order valence-electron chi connectivity index (χ4n) is 2.77. The van der Waals surface area contributed by atoms with Gasteiger partial charge in [0.1, 0.15) is 5.75 Å². The van der Waals surface area contributed by atoms with Crippen LogP contribution in [0.15, 0.2) is 65.7 Å². The van der Waals surface area contributed by atoms with E-state index in [1.165, 1.54) is 23.1 Å². The normalized spacial score (nSPS) is 13.2. The topological polar surface area (TPSA) is 88.6 Å². The second-order valence-electron chi connectivity index (χ2n) is 6.06. The first-order valence-corrected chi connectivity index (χ1v) is 10.0. The molecule has 1 amide bonds. The number of amides is 1. The van der Waals surface area contributed by atoms with Crippen LogP contribution in [-0.2, 0) is 10.0 Å². The van der Waals surface area contributed by atoms with Crippen LogP contribution >= 0.6 is 11.6 Å². The SMILES string of the molecule is CN1C(=O)c2cc(S(=O)(=O)Nc3ccc(Cl)cc3)ccc2Oc2cccnc21. The Morgan fingerprint density at radius 1 is 1.07 bits per heavy atom. The number of pyridine rings is 1. The van der Waals surface area contributed by atoms with E-state index in [2.05, 4.69) is 9.71 Å². The Labute approximate surface area is 166 Å². The predicted octanol–water partition coefficient (Wildman–Crippen LogP) is 3.92. The molecule has 4 rings (SSSR count). The number of fused-ring (bicyclic) bond motifs is 2. The van der Waals surface area contributed by atoms with Gasteiger partial charge in [-0.2, -0.15) is 0 Å². The van der Waals surface area contributed by atoms with Crippen LogP contribution < -0.4 is 14.4 Å². The molecule has 28 heavy (non-hydrogen) atoms. The fraction of sp³-hybridized carbons (Fsp3) is 0.0526. The Hall–Kier alpha value is -3.10. The van der Waals surface area contributed by atoms with Gasteiger partial charge in [-0.25, -0.2) is 13.4 Å². The van der Waals surface area contributed by atoms with Crippen LogP contribution in [0.5, 0.6) is 11.5 Å². The van der Waals surface area contributed by atoms with Crippen LogP contribution in [0.3, 0.4) is 0 Å². The lowest BCUT2D eigenvalue weighted by atomic mass is 10.2. The Morgan fingerprint density at radius 3 is 2.57 bits per heavy atom. The van der Waals surface area contributed by atoms with Gasteiger partial charge in [0.2, 0.25) is 0 Å². The van der Waals surface area contributed by atoms with E-state index in [0.29, 0.717) is 22.3 Å². The molecule has 1 aromatic heterocycles. The van der Waals surface area contributed by atoms with Crippen molar-refractivity contribution in [1.29, 1.82) is 0 Å². The molecule has 0 aliphatic carbocycles. The summed E-state index contributed by atoms with van der Waals surface area (Å²) in [6.07, 6.45) is 1.55. The molecule has 1 N–H and O–H groups in total. The van der Waals surface area contributed by atoms with E-state index in [0.717, 1.165) is 0 Å². The number of anilines is 2. The second-order valence-corrected chi connectivity index (χ2v) is 8.18. The average Bonchev–Trinajstić information content (AvgIpc) is 2.79. The summed E-state index contributed by atoms with van der Waals surface area (Å²) in [5, 5.41) is 0.493. The zero-order valence-corrected chi connectivity index (χ0v) is 16.2. The molecule has 7 nitrogen and oxygen atoms in total. The number of nitrogens with one attached hydrogen (secondary N) is 1. The smallest absolute Gasteiger partial charge is 0.263 e. The number of hydrogen-bond acceptors (Lipinski definition) is 5. The summed E-state index contributed by atoms with van der Waals surface area (Å²) in [5.41, 5.74) is 0.482. The third-order valence-electron chi connectivity index (χ3n) is 4.18. The lowest BCUT2D eigenvalue weighted by molar-refractivity contribution is 0.0992. The molecule has 3 aromatic rings. The first-order valence-electron chi connectivity index (χ1n) is 8.18. The molecule has 142 valence electrons. The predicted molar refractivity (Wildman–Crippen MR) is 106 cm³/mol. The minimum atomic E-state index is -3.91. The summed E-state index contributed by atoms with van der Waals surface area (Å²) in [4.78, 5) is 18.3. The molecular weight excluding hydrogens is 402 g/mol. The maximum atomic E-state index is 12.9. The number of rotatable bonds is 3. The number of carbonyl (C=O) groups is 1. The fourth-order valence-corrected chi connectivity index (χ4v) is 3.98. The molecule has 0 unspecified atom stereocenters. The molecule has 0 spiro atoms. The first kappa shape index (κ1) is 18.3. The highest BCUT2D eigenvalue weighted by Gasteiger charge is 2.28. The third-order valence-corrected chi connectivity index (χ3v) is 5.81. The lowest BCUT2D eigenvalue weighted by Crippen LogP contribution is -2.26. The number of aromatic nitrogens is 1. The monoisotopic (exact) mass is 415 g/mol. The van der Waals surface area contributed by atoms with Crippen LogP contribution in [0.1, 0.15) is 10.4 Å². The largest absolute Gasteiger partial charge is 0.453 e. The van der Waals surface area contributed by atoms with Crippen LogP contribution in [-0.4, -0.2) is 26.4 Å². The molecule has 0 saturated heterocycles. The summed E-state index contributed by atoms with van der Waals surface area (Å²) in [6, 6.07) is 13.8. The first-order chi connectivity index (χ1) is 13.3. The van der Waals surface area contributed by atoms with E-state index >= 15 is 0 Å². The van der Waals surface area contributed by atoms with E-state index in [4.69, 9.17) is 16.3 Å². The molecule has 9 heteroatoms. The van der Waals surface area contributed by atoms with Gasteiger partial charge in [0.15, 0.2) is 11.6 Å². The van der Waals surface area contributed by atoms with Crippen molar-refractivity contribution >= 4 is 39.0 Å². The minimum absolute atomic E-state index is 0.0644. The minimum Gasteiger partial charge on any atom is -0.453 e. The van der Waals surface area contributed by atoms with E-state index in [1.807, 2.05) is 0 Å². The molecule has 0 atom stereocenters. The van der Waals surface area contributed by atoms with Crippen LogP contribution in [0, 0.1) is 0 Å². The highest BCUT2D eigenvalue weighted by atomic mass is 35.5. The molecular formula is C19H14ClN3O4S. The number of benzene rings is 2. The molecule has 2 aromatic carbocycles. The lowest BCUT2D eigenvalue weighted by Gasteiger charge is -2.14. The quantitative estimate of drug-likeness (QED) is 0.700.